The Morgan fingerprint density at radius 1 is 1.27 bits per heavy atom. The zero-order valence-electron chi connectivity index (χ0n) is 7.09. The maximum atomic E-state index is 5.57. The molecule has 2 heteroatoms. The first-order valence-corrected chi connectivity index (χ1v) is 4.57. The lowest BCUT2D eigenvalue weighted by Gasteiger charge is -2.09. The molecule has 2 aliphatic carbocycles. The van der Waals surface area contributed by atoms with Crippen LogP contribution in [-0.4, -0.2) is 11.9 Å². The zero-order chi connectivity index (χ0) is 7.84. The average Bonchev–Trinajstić information content (AvgIpc) is 2.79. The summed E-state index contributed by atoms with van der Waals surface area (Å²) in [6.07, 6.45) is 5.55. The molecule has 2 aliphatic rings. The molecular formula is C9H16N2. The van der Waals surface area contributed by atoms with Crippen LogP contribution in [0.5, 0.6) is 0 Å². The molecule has 2 fully saturated rings. The highest BCUT2D eigenvalue weighted by molar-refractivity contribution is 5.77. The highest BCUT2D eigenvalue weighted by Gasteiger charge is 2.41. The predicted molar refractivity (Wildman–Crippen MR) is 46.5 cm³/mol. The van der Waals surface area contributed by atoms with Gasteiger partial charge in [-0.15, -0.1) is 0 Å². The van der Waals surface area contributed by atoms with Gasteiger partial charge >= 0.3 is 0 Å². The van der Waals surface area contributed by atoms with Crippen molar-refractivity contribution >= 4 is 5.84 Å². The molecule has 0 aromatic rings. The molecule has 0 aliphatic heterocycles. The van der Waals surface area contributed by atoms with Crippen molar-refractivity contribution in [2.24, 2.45) is 22.6 Å². The van der Waals surface area contributed by atoms with Gasteiger partial charge in [-0.25, -0.2) is 0 Å². The maximum Gasteiger partial charge on any atom is 0.0909 e. The largest absolute Gasteiger partial charge is 0.388 e. The smallest absolute Gasteiger partial charge is 0.0909 e. The minimum atomic E-state index is 0.597. The van der Waals surface area contributed by atoms with E-state index in [4.69, 9.17) is 5.73 Å². The van der Waals surface area contributed by atoms with E-state index in [1.54, 1.807) is 0 Å². The molecule has 0 saturated heterocycles. The van der Waals surface area contributed by atoms with E-state index in [2.05, 4.69) is 4.99 Å². The van der Waals surface area contributed by atoms with E-state index in [9.17, 15) is 0 Å². The number of hydrogen-bond acceptors (Lipinski definition) is 1. The second kappa shape index (κ2) is 2.50. The monoisotopic (exact) mass is 152 g/mol. The molecule has 2 N–H and O–H groups in total. The summed E-state index contributed by atoms with van der Waals surface area (Å²) in [5.41, 5.74) is 5.57. The number of nitrogens with two attached hydrogens (primary N) is 1. The van der Waals surface area contributed by atoms with Gasteiger partial charge in [-0.2, -0.15) is 0 Å². The average molecular weight is 152 g/mol. The molecule has 0 bridgehead atoms. The number of nitrogens with zero attached hydrogens (tertiary/aromatic N) is 1. The molecule has 0 unspecified atom stereocenters. The van der Waals surface area contributed by atoms with Crippen LogP contribution in [0.25, 0.3) is 0 Å². The van der Waals surface area contributed by atoms with Crippen molar-refractivity contribution in [2.75, 3.05) is 0 Å². The van der Waals surface area contributed by atoms with Crippen molar-refractivity contribution in [1.29, 1.82) is 0 Å². The normalized spacial score (nSPS) is 26.2. The third-order valence-corrected chi connectivity index (χ3v) is 2.56. The summed E-state index contributed by atoms with van der Waals surface area (Å²) in [7, 11) is 0. The van der Waals surface area contributed by atoms with Crippen LogP contribution in [0.4, 0.5) is 0 Å². The Bertz CT molecular complexity index is 162. The van der Waals surface area contributed by atoms with Crippen molar-refractivity contribution in [3.63, 3.8) is 0 Å². The van der Waals surface area contributed by atoms with Gasteiger partial charge < -0.3 is 5.73 Å². The second-order valence-corrected chi connectivity index (χ2v) is 3.94. The molecule has 0 atom stereocenters. The van der Waals surface area contributed by atoms with Gasteiger partial charge in [0.05, 0.1) is 11.9 Å². The van der Waals surface area contributed by atoms with Crippen LogP contribution in [0.15, 0.2) is 4.99 Å². The molecule has 0 amide bonds. The summed E-state index contributed by atoms with van der Waals surface area (Å²) in [6, 6.07) is 0.597. The Hall–Kier alpha value is -0.530. The maximum absolute atomic E-state index is 5.57. The topological polar surface area (TPSA) is 38.4 Å². The van der Waals surface area contributed by atoms with Crippen LogP contribution >= 0.6 is 0 Å². The highest BCUT2D eigenvalue weighted by atomic mass is 14.9. The van der Waals surface area contributed by atoms with E-state index in [0.717, 1.165) is 17.7 Å². The van der Waals surface area contributed by atoms with Crippen LogP contribution in [0, 0.1) is 11.8 Å². The van der Waals surface area contributed by atoms with Crippen LogP contribution in [0.1, 0.15) is 32.6 Å². The standard InChI is InChI=1S/C9H16N2/c1-6(10)11-9(7-2-3-7)8-4-5-8/h7-9H,2-5H2,1H3,(H2,10,11). The molecule has 0 aromatic carbocycles. The third-order valence-electron chi connectivity index (χ3n) is 2.56. The molecule has 0 radical (unpaired) electrons. The van der Waals surface area contributed by atoms with Crippen LogP contribution in [0.2, 0.25) is 0 Å². The predicted octanol–water partition coefficient (Wildman–Crippen LogP) is 1.55. The van der Waals surface area contributed by atoms with Gasteiger partial charge in [0.1, 0.15) is 0 Å². The quantitative estimate of drug-likeness (QED) is 0.483. The zero-order valence-corrected chi connectivity index (χ0v) is 7.09. The lowest BCUT2D eigenvalue weighted by atomic mass is 10.1. The fourth-order valence-corrected chi connectivity index (χ4v) is 1.71. The first kappa shape index (κ1) is 7.14. The molecule has 0 spiro atoms. The van der Waals surface area contributed by atoms with Gasteiger partial charge in [0.25, 0.3) is 0 Å². The van der Waals surface area contributed by atoms with E-state index in [1.807, 2.05) is 6.92 Å². The SMILES string of the molecule is CC(N)=NC(C1CC1)C1CC1. The van der Waals surface area contributed by atoms with E-state index >= 15 is 0 Å². The van der Waals surface area contributed by atoms with Gasteiger partial charge in [0, 0.05) is 0 Å². The van der Waals surface area contributed by atoms with Crippen molar-refractivity contribution in [3.8, 4) is 0 Å². The minimum Gasteiger partial charge on any atom is -0.388 e. The van der Waals surface area contributed by atoms with E-state index in [-0.39, 0.29) is 0 Å². The third kappa shape index (κ3) is 1.73. The summed E-state index contributed by atoms with van der Waals surface area (Å²) in [5, 5.41) is 0. The van der Waals surface area contributed by atoms with Crippen molar-refractivity contribution in [2.45, 2.75) is 38.6 Å². The van der Waals surface area contributed by atoms with Crippen LogP contribution < -0.4 is 5.73 Å². The molecule has 2 nitrogen and oxygen atoms in total. The number of amidine groups is 1. The first-order chi connectivity index (χ1) is 5.27. The molecule has 2 rings (SSSR count). The fourth-order valence-electron chi connectivity index (χ4n) is 1.71. The molecule has 2 saturated carbocycles. The molecule has 0 aromatic heterocycles. The highest BCUT2D eigenvalue weighted by Crippen LogP contribution is 2.46. The van der Waals surface area contributed by atoms with E-state index in [1.165, 1.54) is 25.7 Å². The summed E-state index contributed by atoms with van der Waals surface area (Å²) in [5.74, 6) is 2.55. The van der Waals surface area contributed by atoms with Crippen LogP contribution in [-0.2, 0) is 0 Å². The minimum absolute atomic E-state index is 0.597. The lowest BCUT2D eigenvalue weighted by Crippen LogP contribution is -2.16. The lowest BCUT2D eigenvalue weighted by molar-refractivity contribution is 0.532. The van der Waals surface area contributed by atoms with E-state index < -0.39 is 0 Å². The second-order valence-electron chi connectivity index (χ2n) is 3.94. The Kier molecular flexibility index (Phi) is 1.63. The van der Waals surface area contributed by atoms with Gasteiger partial charge in [-0.05, 0) is 44.4 Å². The van der Waals surface area contributed by atoms with Crippen LogP contribution in [0.3, 0.4) is 0 Å². The summed E-state index contributed by atoms with van der Waals surface area (Å²) < 4.78 is 0. The Labute approximate surface area is 67.9 Å². The fraction of sp³-hybridized carbons (Fsp3) is 0.889. The molecule has 62 valence electrons. The summed E-state index contributed by atoms with van der Waals surface area (Å²) in [6.45, 7) is 1.90. The molecular weight excluding hydrogens is 136 g/mol. The number of aliphatic imine (C=N–C) groups is 1. The van der Waals surface area contributed by atoms with Gasteiger partial charge in [-0.3, -0.25) is 4.99 Å². The van der Waals surface area contributed by atoms with Gasteiger partial charge in [-0.1, -0.05) is 0 Å². The number of rotatable bonds is 3. The Balaban J connectivity index is 1.97. The molecule has 0 heterocycles. The van der Waals surface area contributed by atoms with Crippen molar-refractivity contribution in [3.05, 3.63) is 0 Å². The van der Waals surface area contributed by atoms with Crippen molar-refractivity contribution in [1.82, 2.24) is 0 Å². The Morgan fingerprint density at radius 2 is 1.73 bits per heavy atom. The Morgan fingerprint density at radius 3 is 2.00 bits per heavy atom. The summed E-state index contributed by atoms with van der Waals surface area (Å²) in [4.78, 5) is 4.50. The van der Waals surface area contributed by atoms with E-state index in [0.29, 0.717) is 6.04 Å². The van der Waals surface area contributed by atoms with Gasteiger partial charge in [0.2, 0.25) is 0 Å². The van der Waals surface area contributed by atoms with Gasteiger partial charge in [0.15, 0.2) is 0 Å². The summed E-state index contributed by atoms with van der Waals surface area (Å²) >= 11 is 0. The van der Waals surface area contributed by atoms with Crippen molar-refractivity contribution < 1.29 is 0 Å². The first-order valence-electron chi connectivity index (χ1n) is 4.57. The molecule has 11 heavy (non-hydrogen) atoms. The number of hydrogen-bond donors (Lipinski definition) is 1.